The van der Waals surface area contributed by atoms with Gasteiger partial charge in [-0.15, -0.1) is 6.58 Å². The van der Waals surface area contributed by atoms with Crippen molar-refractivity contribution in [3.8, 4) is 0 Å². The van der Waals surface area contributed by atoms with Crippen LogP contribution in [0.15, 0.2) is 40.1 Å². The van der Waals surface area contributed by atoms with Crippen molar-refractivity contribution in [1.29, 1.82) is 0 Å². The standard InChI is InChI=1S/C20H21N3O4S/c1-4-7-23-19(26)14(18(25)22-20(23)28)9-13-16(24)12-8-11(10(2)3)5-6-15(12)27-17(13)21/h4-6,8,10,14H,1,7,9,21H2,2-3H3,(H,22,25,28). The average molecular weight is 399 g/mol. The molecule has 1 aliphatic rings. The highest BCUT2D eigenvalue weighted by Crippen LogP contribution is 2.25. The number of nitrogens with two attached hydrogens (primary N) is 1. The second-order valence-electron chi connectivity index (χ2n) is 6.97. The van der Waals surface area contributed by atoms with E-state index in [2.05, 4.69) is 11.9 Å². The maximum atomic E-state index is 13.0. The van der Waals surface area contributed by atoms with Crippen LogP contribution in [0.5, 0.6) is 0 Å². The number of amides is 2. The number of benzene rings is 1. The number of thiocarbonyl (C=S) groups is 1. The first-order valence-electron chi connectivity index (χ1n) is 8.86. The minimum atomic E-state index is -1.12. The Morgan fingerprint density at radius 1 is 1.36 bits per heavy atom. The van der Waals surface area contributed by atoms with Crippen molar-refractivity contribution in [3.63, 3.8) is 0 Å². The third-order valence-corrected chi connectivity index (χ3v) is 5.10. The Hall–Kier alpha value is -3.00. The molecular formula is C20H21N3O4S. The van der Waals surface area contributed by atoms with Crippen molar-refractivity contribution in [2.75, 3.05) is 12.3 Å². The topological polar surface area (TPSA) is 106 Å². The van der Waals surface area contributed by atoms with Gasteiger partial charge >= 0.3 is 0 Å². The summed E-state index contributed by atoms with van der Waals surface area (Å²) < 4.78 is 5.60. The van der Waals surface area contributed by atoms with Gasteiger partial charge in [0.25, 0.3) is 0 Å². The summed E-state index contributed by atoms with van der Waals surface area (Å²) in [4.78, 5) is 39.4. The van der Waals surface area contributed by atoms with E-state index in [1.54, 1.807) is 12.1 Å². The van der Waals surface area contributed by atoms with Crippen molar-refractivity contribution in [1.82, 2.24) is 10.2 Å². The van der Waals surface area contributed by atoms with Gasteiger partial charge in [0, 0.05) is 13.0 Å². The number of nitrogens with one attached hydrogen (secondary N) is 1. The Balaban J connectivity index is 2.04. The van der Waals surface area contributed by atoms with Crippen LogP contribution in [-0.2, 0) is 16.0 Å². The zero-order valence-electron chi connectivity index (χ0n) is 15.7. The monoisotopic (exact) mass is 399 g/mol. The van der Waals surface area contributed by atoms with Crippen molar-refractivity contribution in [2.24, 2.45) is 5.92 Å². The van der Waals surface area contributed by atoms with Gasteiger partial charge in [0.15, 0.2) is 16.4 Å². The molecule has 1 fully saturated rings. The molecule has 0 radical (unpaired) electrons. The number of hydrogen-bond donors (Lipinski definition) is 2. The molecule has 3 N–H and O–H groups in total. The zero-order valence-corrected chi connectivity index (χ0v) is 16.5. The Morgan fingerprint density at radius 3 is 2.71 bits per heavy atom. The Labute approximate surface area is 167 Å². The van der Waals surface area contributed by atoms with Crippen LogP contribution in [0.4, 0.5) is 5.88 Å². The smallest absolute Gasteiger partial charge is 0.241 e. The second-order valence-corrected chi connectivity index (χ2v) is 7.36. The van der Waals surface area contributed by atoms with Crippen molar-refractivity contribution >= 4 is 46.0 Å². The molecule has 0 spiro atoms. The molecule has 3 rings (SSSR count). The normalized spacial score (nSPS) is 17.3. The molecule has 0 saturated carbocycles. The molecule has 0 bridgehead atoms. The maximum Gasteiger partial charge on any atom is 0.241 e. The van der Waals surface area contributed by atoms with E-state index in [4.69, 9.17) is 22.4 Å². The summed E-state index contributed by atoms with van der Waals surface area (Å²) in [6.45, 7) is 7.78. The molecule has 8 heteroatoms. The first-order valence-corrected chi connectivity index (χ1v) is 9.27. The van der Waals surface area contributed by atoms with Crippen molar-refractivity contribution in [3.05, 3.63) is 52.2 Å². The van der Waals surface area contributed by atoms with Crippen LogP contribution in [0, 0.1) is 5.92 Å². The van der Waals surface area contributed by atoms with E-state index in [1.165, 1.54) is 11.0 Å². The summed E-state index contributed by atoms with van der Waals surface area (Å²) in [5.41, 5.74) is 7.05. The fourth-order valence-corrected chi connectivity index (χ4v) is 3.43. The van der Waals surface area contributed by atoms with Gasteiger partial charge in [-0.2, -0.15) is 0 Å². The maximum absolute atomic E-state index is 13.0. The fraction of sp³-hybridized carbons (Fsp3) is 0.300. The number of hydrogen-bond acceptors (Lipinski definition) is 6. The van der Waals surface area contributed by atoms with Crippen molar-refractivity contribution in [2.45, 2.75) is 26.2 Å². The van der Waals surface area contributed by atoms with Gasteiger partial charge in [-0.3, -0.25) is 19.3 Å². The first kappa shape index (κ1) is 19.8. The number of carbonyl (C=O) groups is 2. The van der Waals surface area contributed by atoms with Crippen molar-refractivity contribution < 1.29 is 14.0 Å². The van der Waals surface area contributed by atoms with E-state index in [0.29, 0.717) is 11.0 Å². The average Bonchev–Trinajstić information content (AvgIpc) is 2.64. The van der Waals surface area contributed by atoms with E-state index >= 15 is 0 Å². The van der Waals surface area contributed by atoms with Crippen LogP contribution in [0.25, 0.3) is 11.0 Å². The Bertz CT molecular complexity index is 1060. The van der Waals surface area contributed by atoms with Gasteiger partial charge in [0.1, 0.15) is 11.5 Å². The van der Waals surface area contributed by atoms with Gasteiger partial charge < -0.3 is 15.5 Å². The largest absolute Gasteiger partial charge is 0.440 e. The highest BCUT2D eigenvalue weighted by molar-refractivity contribution is 7.80. The summed E-state index contributed by atoms with van der Waals surface area (Å²) in [7, 11) is 0. The van der Waals surface area contributed by atoms with Crippen LogP contribution >= 0.6 is 12.2 Å². The summed E-state index contributed by atoms with van der Waals surface area (Å²) in [6.07, 6.45) is 1.34. The highest BCUT2D eigenvalue weighted by Gasteiger charge is 2.39. The van der Waals surface area contributed by atoms with Gasteiger partial charge in [-0.05, 0) is 35.8 Å². The Kier molecular flexibility index (Phi) is 5.33. The molecule has 1 aliphatic heterocycles. The number of fused-ring (bicyclic) bond motifs is 1. The summed E-state index contributed by atoms with van der Waals surface area (Å²) >= 11 is 5.04. The van der Waals surface area contributed by atoms with E-state index in [9.17, 15) is 14.4 Å². The Morgan fingerprint density at radius 2 is 2.07 bits per heavy atom. The lowest BCUT2D eigenvalue weighted by Crippen LogP contribution is -2.58. The van der Waals surface area contributed by atoms with Crippen LogP contribution in [0.2, 0.25) is 0 Å². The van der Waals surface area contributed by atoms with E-state index < -0.39 is 17.7 Å². The number of rotatable bonds is 5. The van der Waals surface area contributed by atoms with Gasteiger partial charge in [-0.1, -0.05) is 26.0 Å². The molecule has 7 nitrogen and oxygen atoms in total. The molecule has 0 aliphatic carbocycles. The van der Waals surface area contributed by atoms with Crippen LogP contribution in [0.1, 0.15) is 30.9 Å². The van der Waals surface area contributed by atoms with Crippen LogP contribution in [-0.4, -0.2) is 28.4 Å². The molecule has 2 aromatic rings. The number of nitrogens with zero attached hydrogens (tertiary/aromatic N) is 1. The molecule has 1 atom stereocenters. The first-order chi connectivity index (χ1) is 13.2. The molecule has 1 saturated heterocycles. The van der Waals surface area contributed by atoms with Gasteiger partial charge in [-0.25, -0.2) is 0 Å². The molecule has 146 valence electrons. The predicted molar refractivity (Wildman–Crippen MR) is 111 cm³/mol. The van der Waals surface area contributed by atoms with Gasteiger partial charge in [0.2, 0.25) is 11.8 Å². The minimum absolute atomic E-state index is 0.0197. The molecule has 1 aromatic heterocycles. The summed E-state index contributed by atoms with van der Waals surface area (Å²) in [5, 5.41) is 2.88. The lowest BCUT2D eigenvalue weighted by Gasteiger charge is -2.31. The summed E-state index contributed by atoms with van der Waals surface area (Å²) in [6, 6.07) is 5.34. The molecule has 2 amide bonds. The third kappa shape index (κ3) is 3.43. The minimum Gasteiger partial charge on any atom is -0.440 e. The fourth-order valence-electron chi connectivity index (χ4n) is 3.17. The van der Waals surface area contributed by atoms with E-state index in [0.717, 1.165) is 5.56 Å². The number of carbonyl (C=O) groups excluding carboxylic acids is 2. The lowest BCUT2D eigenvalue weighted by molar-refractivity contribution is -0.140. The SMILES string of the molecule is C=CCN1C(=O)C(Cc2c(N)oc3ccc(C(C)C)cc3c2=O)C(=O)NC1=S. The molecule has 1 unspecified atom stereocenters. The highest BCUT2D eigenvalue weighted by atomic mass is 32.1. The molecule has 1 aromatic carbocycles. The number of anilines is 1. The van der Waals surface area contributed by atoms with E-state index in [1.807, 2.05) is 19.9 Å². The molecular weight excluding hydrogens is 378 g/mol. The second kappa shape index (κ2) is 7.55. The lowest BCUT2D eigenvalue weighted by atomic mass is 9.94. The summed E-state index contributed by atoms with van der Waals surface area (Å²) in [5.74, 6) is -2.06. The van der Waals surface area contributed by atoms with E-state index in [-0.39, 0.29) is 40.9 Å². The predicted octanol–water partition coefficient (Wildman–Crippen LogP) is 2.09. The third-order valence-electron chi connectivity index (χ3n) is 4.78. The van der Waals surface area contributed by atoms with Crippen LogP contribution < -0.4 is 16.5 Å². The van der Waals surface area contributed by atoms with Crippen LogP contribution in [0.3, 0.4) is 0 Å². The zero-order chi connectivity index (χ0) is 20.6. The number of nitrogen functional groups attached to an aromatic ring is 1. The molecule has 2 heterocycles. The quantitative estimate of drug-likeness (QED) is 0.453. The van der Waals surface area contributed by atoms with Gasteiger partial charge in [0.05, 0.1) is 10.9 Å². The molecule has 28 heavy (non-hydrogen) atoms.